The molecule has 1 aliphatic rings. The highest BCUT2D eigenvalue weighted by molar-refractivity contribution is 5.85. The molecule has 1 atom stereocenters. The summed E-state index contributed by atoms with van der Waals surface area (Å²) in [5, 5.41) is 10.4. The molecule has 1 heterocycles. The van der Waals surface area contributed by atoms with Crippen LogP contribution in [0.4, 0.5) is 0 Å². The topological polar surface area (TPSA) is 62.0 Å². The standard InChI is InChI=1S/C14H18N2O/c15-12(8-17)9-5-6-14-11(7-9)10-3-1-2-4-13(10)16-14/h5-7,12,16-17H,1-4,8,15H2. The van der Waals surface area contributed by atoms with Crippen molar-refractivity contribution in [3.05, 3.63) is 35.0 Å². The van der Waals surface area contributed by atoms with Crippen molar-refractivity contribution < 1.29 is 5.11 Å². The summed E-state index contributed by atoms with van der Waals surface area (Å²) in [5.74, 6) is 0. The van der Waals surface area contributed by atoms with Gasteiger partial charge in [-0.3, -0.25) is 0 Å². The van der Waals surface area contributed by atoms with Crippen molar-refractivity contribution in [1.82, 2.24) is 4.98 Å². The van der Waals surface area contributed by atoms with E-state index in [0.717, 1.165) is 18.4 Å². The molecule has 90 valence electrons. The Labute approximate surface area is 101 Å². The summed E-state index contributed by atoms with van der Waals surface area (Å²) in [6, 6.07) is 5.95. The van der Waals surface area contributed by atoms with E-state index in [-0.39, 0.29) is 12.6 Å². The van der Waals surface area contributed by atoms with Crippen LogP contribution in [0.3, 0.4) is 0 Å². The zero-order chi connectivity index (χ0) is 11.8. The SMILES string of the molecule is NC(CO)c1ccc2[nH]c3c(c2c1)CCCC3. The van der Waals surface area contributed by atoms with E-state index < -0.39 is 0 Å². The van der Waals surface area contributed by atoms with E-state index in [1.807, 2.05) is 6.07 Å². The fraction of sp³-hybridized carbons (Fsp3) is 0.429. The van der Waals surface area contributed by atoms with Crippen molar-refractivity contribution in [2.75, 3.05) is 6.61 Å². The molecule has 1 aromatic heterocycles. The number of fused-ring (bicyclic) bond motifs is 3. The minimum Gasteiger partial charge on any atom is -0.394 e. The van der Waals surface area contributed by atoms with Gasteiger partial charge in [0.2, 0.25) is 0 Å². The maximum atomic E-state index is 9.12. The zero-order valence-electron chi connectivity index (χ0n) is 9.87. The lowest BCUT2D eigenvalue weighted by Crippen LogP contribution is -2.14. The molecule has 1 aromatic carbocycles. The van der Waals surface area contributed by atoms with Gasteiger partial charge in [0.25, 0.3) is 0 Å². The minimum atomic E-state index is -0.270. The van der Waals surface area contributed by atoms with Gasteiger partial charge in [-0.2, -0.15) is 0 Å². The Morgan fingerprint density at radius 2 is 2.12 bits per heavy atom. The number of hydrogen-bond donors (Lipinski definition) is 3. The van der Waals surface area contributed by atoms with Crippen molar-refractivity contribution in [3.8, 4) is 0 Å². The number of aromatic amines is 1. The molecule has 0 radical (unpaired) electrons. The molecule has 0 bridgehead atoms. The molecule has 0 saturated heterocycles. The molecule has 0 amide bonds. The molecule has 3 nitrogen and oxygen atoms in total. The Morgan fingerprint density at radius 1 is 1.29 bits per heavy atom. The molecule has 0 fully saturated rings. The number of nitrogens with one attached hydrogen (secondary N) is 1. The molecule has 2 aromatic rings. The summed E-state index contributed by atoms with van der Waals surface area (Å²) >= 11 is 0. The molecular weight excluding hydrogens is 212 g/mol. The lowest BCUT2D eigenvalue weighted by atomic mass is 9.94. The monoisotopic (exact) mass is 230 g/mol. The van der Waals surface area contributed by atoms with E-state index in [4.69, 9.17) is 10.8 Å². The molecular formula is C14H18N2O. The average Bonchev–Trinajstić information content (AvgIpc) is 2.75. The van der Waals surface area contributed by atoms with Crippen LogP contribution in [0.5, 0.6) is 0 Å². The first kappa shape index (κ1) is 10.8. The van der Waals surface area contributed by atoms with E-state index in [1.54, 1.807) is 0 Å². The first-order valence-electron chi connectivity index (χ1n) is 6.29. The van der Waals surface area contributed by atoms with Gasteiger partial charge in [-0.25, -0.2) is 0 Å². The van der Waals surface area contributed by atoms with Gasteiger partial charge in [0, 0.05) is 16.6 Å². The smallest absolute Gasteiger partial charge is 0.0624 e. The third kappa shape index (κ3) is 1.75. The van der Waals surface area contributed by atoms with Crippen LogP contribution in [0, 0.1) is 0 Å². The Kier molecular flexibility index (Phi) is 2.65. The predicted molar refractivity (Wildman–Crippen MR) is 69.0 cm³/mol. The second kappa shape index (κ2) is 4.17. The van der Waals surface area contributed by atoms with Crippen LogP contribution in [0.25, 0.3) is 10.9 Å². The van der Waals surface area contributed by atoms with Crippen LogP contribution >= 0.6 is 0 Å². The highest BCUT2D eigenvalue weighted by Gasteiger charge is 2.16. The second-order valence-corrected chi connectivity index (χ2v) is 4.88. The molecule has 3 heteroatoms. The third-order valence-corrected chi connectivity index (χ3v) is 3.75. The number of aryl methyl sites for hydroxylation is 2. The molecule has 0 aliphatic heterocycles. The quantitative estimate of drug-likeness (QED) is 0.739. The first-order valence-corrected chi connectivity index (χ1v) is 6.29. The first-order chi connectivity index (χ1) is 8.29. The maximum absolute atomic E-state index is 9.12. The summed E-state index contributed by atoms with van der Waals surface area (Å²) in [4.78, 5) is 3.50. The second-order valence-electron chi connectivity index (χ2n) is 4.88. The van der Waals surface area contributed by atoms with Crippen LogP contribution < -0.4 is 5.73 Å². The minimum absolute atomic E-state index is 0.00187. The highest BCUT2D eigenvalue weighted by atomic mass is 16.3. The van der Waals surface area contributed by atoms with Crippen LogP contribution in [-0.4, -0.2) is 16.7 Å². The molecule has 17 heavy (non-hydrogen) atoms. The number of aromatic nitrogens is 1. The van der Waals surface area contributed by atoms with Gasteiger partial charge in [0.1, 0.15) is 0 Å². The molecule has 1 unspecified atom stereocenters. The van der Waals surface area contributed by atoms with Crippen LogP contribution in [0.2, 0.25) is 0 Å². The molecule has 4 N–H and O–H groups in total. The lowest BCUT2D eigenvalue weighted by molar-refractivity contribution is 0.268. The summed E-state index contributed by atoms with van der Waals surface area (Å²) in [5.41, 5.74) is 10.9. The molecule has 1 aliphatic carbocycles. The van der Waals surface area contributed by atoms with Gasteiger partial charge in [-0.1, -0.05) is 6.07 Å². The zero-order valence-corrected chi connectivity index (χ0v) is 9.87. The van der Waals surface area contributed by atoms with Crippen molar-refractivity contribution in [3.63, 3.8) is 0 Å². The normalized spacial score (nSPS) is 17.1. The summed E-state index contributed by atoms with van der Waals surface area (Å²) in [6.07, 6.45) is 4.87. The van der Waals surface area contributed by atoms with Crippen molar-refractivity contribution in [1.29, 1.82) is 0 Å². The number of H-pyrrole nitrogens is 1. The Balaban J connectivity index is 2.14. The molecule has 0 saturated carbocycles. The van der Waals surface area contributed by atoms with E-state index in [1.165, 1.54) is 35.0 Å². The van der Waals surface area contributed by atoms with Gasteiger partial charge in [0.05, 0.1) is 12.6 Å². The summed E-state index contributed by atoms with van der Waals surface area (Å²) in [6.45, 7) is -0.00187. The van der Waals surface area contributed by atoms with Gasteiger partial charge < -0.3 is 15.8 Å². The average molecular weight is 230 g/mol. The Bertz CT molecular complexity index is 544. The highest BCUT2D eigenvalue weighted by Crippen LogP contribution is 2.30. The fourth-order valence-corrected chi connectivity index (χ4v) is 2.76. The largest absolute Gasteiger partial charge is 0.394 e. The fourth-order valence-electron chi connectivity index (χ4n) is 2.76. The van der Waals surface area contributed by atoms with Gasteiger partial charge >= 0.3 is 0 Å². The third-order valence-electron chi connectivity index (χ3n) is 3.75. The number of aliphatic hydroxyl groups is 1. The van der Waals surface area contributed by atoms with E-state index in [9.17, 15) is 0 Å². The van der Waals surface area contributed by atoms with Crippen LogP contribution in [0.15, 0.2) is 18.2 Å². The van der Waals surface area contributed by atoms with Gasteiger partial charge in [-0.05, 0) is 48.9 Å². The van der Waals surface area contributed by atoms with Gasteiger partial charge in [-0.15, -0.1) is 0 Å². The lowest BCUT2D eigenvalue weighted by Gasteiger charge is -2.11. The van der Waals surface area contributed by atoms with E-state index >= 15 is 0 Å². The van der Waals surface area contributed by atoms with Gasteiger partial charge in [0.15, 0.2) is 0 Å². The summed E-state index contributed by atoms with van der Waals surface area (Å²) < 4.78 is 0. The molecule has 3 rings (SSSR count). The predicted octanol–water partition coefficient (Wildman–Crippen LogP) is 2.04. The number of benzene rings is 1. The Hall–Kier alpha value is -1.32. The van der Waals surface area contributed by atoms with E-state index in [0.29, 0.717) is 0 Å². The van der Waals surface area contributed by atoms with Crippen molar-refractivity contribution in [2.24, 2.45) is 5.73 Å². The summed E-state index contributed by atoms with van der Waals surface area (Å²) in [7, 11) is 0. The number of aliphatic hydroxyl groups excluding tert-OH is 1. The number of rotatable bonds is 2. The number of hydrogen-bond acceptors (Lipinski definition) is 2. The van der Waals surface area contributed by atoms with Crippen molar-refractivity contribution >= 4 is 10.9 Å². The van der Waals surface area contributed by atoms with Crippen LogP contribution in [-0.2, 0) is 12.8 Å². The Morgan fingerprint density at radius 3 is 2.94 bits per heavy atom. The number of nitrogens with two attached hydrogens (primary N) is 1. The molecule has 0 spiro atoms. The van der Waals surface area contributed by atoms with Crippen LogP contribution in [0.1, 0.15) is 35.7 Å². The van der Waals surface area contributed by atoms with E-state index in [2.05, 4.69) is 17.1 Å². The van der Waals surface area contributed by atoms with Crippen molar-refractivity contribution in [2.45, 2.75) is 31.7 Å². The maximum Gasteiger partial charge on any atom is 0.0624 e.